The van der Waals surface area contributed by atoms with Crippen LogP contribution in [0.1, 0.15) is 5.69 Å². The summed E-state index contributed by atoms with van der Waals surface area (Å²) in [5, 5.41) is 11.4. The standard InChI is InChI=1S/C19H15Cl2N5/c20-13-9-16(21)19(23-12-13)26-7-5-25(6-8-26)18-10-14(11-22)24-17-4-2-1-3-15(17)18/h1-4,9-10,12H,5-8H2. The molecular formula is C19H15Cl2N5. The summed E-state index contributed by atoms with van der Waals surface area (Å²) in [7, 11) is 0. The Morgan fingerprint density at radius 3 is 2.46 bits per heavy atom. The summed E-state index contributed by atoms with van der Waals surface area (Å²) in [6.45, 7) is 3.18. The van der Waals surface area contributed by atoms with Gasteiger partial charge in [-0.3, -0.25) is 0 Å². The zero-order valence-electron chi connectivity index (χ0n) is 13.9. The lowest BCUT2D eigenvalue weighted by atomic mass is 10.1. The molecular weight excluding hydrogens is 369 g/mol. The summed E-state index contributed by atoms with van der Waals surface area (Å²) < 4.78 is 0. The Morgan fingerprint density at radius 1 is 1.00 bits per heavy atom. The molecule has 2 aromatic heterocycles. The van der Waals surface area contributed by atoms with Crippen molar-refractivity contribution in [1.82, 2.24) is 9.97 Å². The molecule has 0 radical (unpaired) electrons. The van der Waals surface area contributed by atoms with Gasteiger partial charge >= 0.3 is 0 Å². The van der Waals surface area contributed by atoms with Crippen LogP contribution in [0.25, 0.3) is 10.9 Å². The second-order valence-corrected chi connectivity index (χ2v) is 6.93. The van der Waals surface area contributed by atoms with Crippen LogP contribution < -0.4 is 9.80 Å². The van der Waals surface area contributed by atoms with E-state index in [1.165, 1.54) is 0 Å². The predicted octanol–water partition coefficient (Wildman–Crippen LogP) is 4.13. The molecule has 4 rings (SSSR count). The Kier molecular flexibility index (Phi) is 4.54. The third-order valence-electron chi connectivity index (χ3n) is 4.52. The van der Waals surface area contributed by atoms with Crippen LogP contribution in [-0.2, 0) is 0 Å². The highest BCUT2D eigenvalue weighted by Gasteiger charge is 2.22. The molecule has 0 spiro atoms. The van der Waals surface area contributed by atoms with Crippen molar-refractivity contribution in [3.05, 3.63) is 58.3 Å². The smallest absolute Gasteiger partial charge is 0.147 e. The van der Waals surface area contributed by atoms with Gasteiger partial charge in [0.1, 0.15) is 17.6 Å². The highest BCUT2D eigenvalue weighted by Crippen LogP contribution is 2.30. The zero-order chi connectivity index (χ0) is 18.1. The van der Waals surface area contributed by atoms with Crippen molar-refractivity contribution in [2.24, 2.45) is 0 Å². The molecule has 26 heavy (non-hydrogen) atoms. The van der Waals surface area contributed by atoms with Crippen molar-refractivity contribution in [2.45, 2.75) is 0 Å². The fourth-order valence-corrected chi connectivity index (χ4v) is 3.77. The molecule has 1 fully saturated rings. The number of rotatable bonds is 2. The number of benzene rings is 1. The topological polar surface area (TPSA) is 56.1 Å². The van der Waals surface area contributed by atoms with Crippen LogP contribution in [0.5, 0.6) is 0 Å². The van der Waals surface area contributed by atoms with Crippen LogP contribution in [-0.4, -0.2) is 36.1 Å². The summed E-state index contributed by atoms with van der Waals surface area (Å²) >= 11 is 12.2. The maximum Gasteiger partial charge on any atom is 0.147 e. The lowest BCUT2D eigenvalue weighted by Gasteiger charge is -2.37. The van der Waals surface area contributed by atoms with Crippen molar-refractivity contribution in [1.29, 1.82) is 5.26 Å². The molecule has 1 aliphatic heterocycles. The van der Waals surface area contributed by atoms with Gasteiger partial charge < -0.3 is 9.80 Å². The van der Waals surface area contributed by atoms with Gasteiger partial charge in [0.25, 0.3) is 0 Å². The number of piperazine rings is 1. The van der Waals surface area contributed by atoms with E-state index in [-0.39, 0.29) is 0 Å². The molecule has 0 unspecified atom stereocenters. The molecule has 7 heteroatoms. The van der Waals surface area contributed by atoms with Gasteiger partial charge in [0.15, 0.2) is 0 Å². The summed E-state index contributed by atoms with van der Waals surface area (Å²) in [5.41, 5.74) is 2.32. The lowest BCUT2D eigenvalue weighted by molar-refractivity contribution is 0.649. The van der Waals surface area contributed by atoms with E-state index in [9.17, 15) is 5.26 Å². The van der Waals surface area contributed by atoms with Gasteiger partial charge in [-0.05, 0) is 18.2 Å². The Bertz CT molecular complexity index is 1010. The summed E-state index contributed by atoms with van der Waals surface area (Å²) in [4.78, 5) is 13.2. The third kappa shape index (κ3) is 3.14. The molecule has 0 aliphatic carbocycles. The van der Waals surface area contributed by atoms with Crippen molar-refractivity contribution in [3.8, 4) is 6.07 Å². The van der Waals surface area contributed by atoms with Gasteiger partial charge in [0.2, 0.25) is 0 Å². The number of hydrogen-bond donors (Lipinski definition) is 0. The molecule has 3 aromatic rings. The molecule has 1 aromatic carbocycles. The van der Waals surface area contributed by atoms with E-state index in [1.807, 2.05) is 30.3 Å². The molecule has 0 bridgehead atoms. The zero-order valence-corrected chi connectivity index (χ0v) is 15.4. The van der Waals surface area contributed by atoms with Crippen LogP contribution >= 0.6 is 23.2 Å². The summed E-state index contributed by atoms with van der Waals surface area (Å²) in [6, 6.07) is 13.7. The van der Waals surface area contributed by atoms with Crippen LogP contribution in [0.15, 0.2) is 42.6 Å². The number of hydrogen-bond acceptors (Lipinski definition) is 5. The van der Waals surface area contributed by atoms with Crippen molar-refractivity contribution >= 4 is 45.6 Å². The van der Waals surface area contributed by atoms with E-state index in [0.29, 0.717) is 15.7 Å². The van der Waals surface area contributed by atoms with Crippen molar-refractivity contribution < 1.29 is 0 Å². The number of fused-ring (bicyclic) bond motifs is 1. The van der Waals surface area contributed by atoms with E-state index in [1.54, 1.807) is 12.3 Å². The molecule has 0 atom stereocenters. The van der Waals surface area contributed by atoms with Crippen molar-refractivity contribution in [3.63, 3.8) is 0 Å². The second-order valence-electron chi connectivity index (χ2n) is 6.09. The van der Waals surface area contributed by atoms with E-state index in [4.69, 9.17) is 23.2 Å². The number of nitriles is 1. The van der Waals surface area contributed by atoms with Gasteiger partial charge in [-0.1, -0.05) is 41.4 Å². The van der Waals surface area contributed by atoms with Gasteiger partial charge in [-0.25, -0.2) is 9.97 Å². The molecule has 1 aliphatic rings. The maximum absolute atomic E-state index is 9.29. The highest BCUT2D eigenvalue weighted by atomic mass is 35.5. The molecule has 1 saturated heterocycles. The first-order valence-electron chi connectivity index (χ1n) is 8.26. The van der Waals surface area contributed by atoms with Crippen LogP contribution in [0.3, 0.4) is 0 Å². The lowest BCUT2D eigenvalue weighted by Crippen LogP contribution is -2.47. The quantitative estimate of drug-likeness (QED) is 0.665. The maximum atomic E-state index is 9.29. The largest absolute Gasteiger partial charge is 0.367 e. The van der Waals surface area contributed by atoms with Gasteiger partial charge in [0.05, 0.1) is 15.6 Å². The first-order valence-corrected chi connectivity index (χ1v) is 9.02. The number of para-hydroxylation sites is 1. The SMILES string of the molecule is N#Cc1cc(N2CCN(c3ncc(Cl)cc3Cl)CC2)c2ccccc2n1. The molecule has 130 valence electrons. The number of nitrogens with zero attached hydrogens (tertiary/aromatic N) is 5. The molecule has 3 heterocycles. The van der Waals surface area contributed by atoms with Crippen molar-refractivity contribution in [2.75, 3.05) is 36.0 Å². The first-order chi connectivity index (χ1) is 12.7. The third-order valence-corrected chi connectivity index (χ3v) is 5.00. The van der Waals surface area contributed by atoms with E-state index < -0.39 is 0 Å². The average Bonchev–Trinajstić information content (AvgIpc) is 2.67. The minimum Gasteiger partial charge on any atom is -0.367 e. The molecule has 0 N–H and O–H groups in total. The Labute approximate surface area is 161 Å². The Morgan fingerprint density at radius 2 is 1.73 bits per heavy atom. The van der Waals surface area contributed by atoms with Crippen LogP contribution in [0.2, 0.25) is 10.0 Å². The Hall–Kier alpha value is -2.55. The van der Waals surface area contributed by atoms with Gasteiger partial charge in [0, 0.05) is 43.4 Å². The minimum absolute atomic E-state index is 0.434. The fraction of sp³-hybridized carbons (Fsp3) is 0.211. The van der Waals surface area contributed by atoms with E-state index in [0.717, 1.165) is 48.6 Å². The number of aromatic nitrogens is 2. The number of pyridine rings is 2. The number of anilines is 2. The minimum atomic E-state index is 0.434. The normalized spacial score (nSPS) is 14.5. The Balaban J connectivity index is 1.60. The summed E-state index contributed by atoms with van der Waals surface area (Å²) in [6.07, 6.45) is 1.62. The molecule has 0 amide bonds. The number of halogens is 2. The van der Waals surface area contributed by atoms with Gasteiger partial charge in [-0.2, -0.15) is 5.26 Å². The summed E-state index contributed by atoms with van der Waals surface area (Å²) in [5.74, 6) is 0.757. The van der Waals surface area contributed by atoms with E-state index in [2.05, 4.69) is 25.8 Å². The monoisotopic (exact) mass is 383 g/mol. The molecule has 0 saturated carbocycles. The molecule has 5 nitrogen and oxygen atoms in total. The van der Waals surface area contributed by atoms with Crippen LogP contribution in [0.4, 0.5) is 11.5 Å². The van der Waals surface area contributed by atoms with Gasteiger partial charge in [-0.15, -0.1) is 0 Å². The fourth-order valence-electron chi connectivity index (χ4n) is 3.28. The predicted molar refractivity (Wildman–Crippen MR) is 105 cm³/mol. The average molecular weight is 384 g/mol. The van der Waals surface area contributed by atoms with E-state index >= 15 is 0 Å². The first kappa shape index (κ1) is 16.9. The van der Waals surface area contributed by atoms with Crippen LogP contribution in [0, 0.1) is 11.3 Å². The highest BCUT2D eigenvalue weighted by molar-refractivity contribution is 6.36. The second kappa shape index (κ2) is 6.99.